The molecule has 0 aliphatic rings. The molecule has 1 atom stereocenters. The normalized spacial score (nSPS) is 10.8. The minimum Gasteiger partial charge on any atom is -0.466 e. The fourth-order valence-electron chi connectivity index (χ4n) is 0.477. The SMILES string of the molecule is CCC(O)C#CC#C/C=C\C(=O)OC. The minimum absolute atomic E-state index is 0.458. The van der Waals surface area contributed by atoms with Crippen molar-refractivity contribution < 1.29 is 14.6 Å². The summed E-state index contributed by atoms with van der Waals surface area (Å²) in [5, 5.41) is 9.01. The van der Waals surface area contributed by atoms with Crippen LogP contribution in [0, 0.1) is 23.7 Å². The Balaban J connectivity index is 3.99. The zero-order valence-electron chi connectivity index (χ0n) is 8.20. The first-order valence-electron chi connectivity index (χ1n) is 4.14. The maximum atomic E-state index is 10.5. The number of ether oxygens (including phenoxy) is 1. The predicted molar refractivity (Wildman–Crippen MR) is 53.0 cm³/mol. The number of carbonyl (C=O) groups is 1. The molecule has 0 spiro atoms. The number of rotatable bonds is 2. The number of allylic oxidation sites excluding steroid dienone is 1. The fourth-order valence-corrected chi connectivity index (χ4v) is 0.477. The minimum atomic E-state index is -0.631. The highest BCUT2D eigenvalue weighted by atomic mass is 16.5. The summed E-state index contributed by atoms with van der Waals surface area (Å²) >= 11 is 0. The molecule has 0 aromatic carbocycles. The highest BCUT2D eigenvalue weighted by molar-refractivity contribution is 5.82. The van der Waals surface area contributed by atoms with Gasteiger partial charge in [-0.25, -0.2) is 4.79 Å². The van der Waals surface area contributed by atoms with Crippen LogP contribution < -0.4 is 0 Å². The van der Waals surface area contributed by atoms with Crippen LogP contribution in [0.1, 0.15) is 13.3 Å². The summed E-state index contributed by atoms with van der Waals surface area (Å²) in [5.41, 5.74) is 0. The standard InChI is InChI=1S/C11H12O3/c1-3-10(12)8-6-4-5-7-9-11(13)14-2/h7,9-10,12H,3H2,1-2H3/b9-7-. The van der Waals surface area contributed by atoms with Crippen molar-refractivity contribution in [3.8, 4) is 23.7 Å². The molecule has 1 N–H and O–H groups in total. The van der Waals surface area contributed by atoms with Crippen LogP contribution in [0.5, 0.6) is 0 Å². The summed E-state index contributed by atoms with van der Waals surface area (Å²) in [6.45, 7) is 1.82. The first-order chi connectivity index (χ1) is 6.70. The molecule has 0 heterocycles. The summed E-state index contributed by atoms with van der Waals surface area (Å²) in [5.74, 6) is 9.50. The van der Waals surface area contributed by atoms with Crippen molar-refractivity contribution in [2.45, 2.75) is 19.4 Å². The van der Waals surface area contributed by atoms with E-state index in [1.807, 2.05) is 6.92 Å². The van der Waals surface area contributed by atoms with Crippen molar-refractivity contribution in [2.75, 3.05) is 7.11 Å². The van der Waals surface area contributed by atoms with Crippen molar-refractivity contribution in [1.29, 1.82) is 0 Å². The Morgan fingerprint density at radius 1 is 1.57 bits per heavy atom. The first-order valence-corrected chi connectivity index (χ1v) is 4.14. The molecule has 0 aliphatic heterocycles. The predicted octanol–water partition coefficient (Wildman–Crippen LogP) is 0.493. The molecule has 74 valence electrons. The molecule has 0 amide bonds. The number of carbonyl (C=O) groups excluding carboxylic acids is 1. The van der Waals surface area contributed by atoms with Crippen molar-refractivity contribution in [3.05, 3.63) is 12.2 Å². The first kappa shape index (κ1) is 12.3. The van der Waals surface area contributed by atoms with Crippen molar-refractivity contribution >= 4 is 5.97 Å². The quantitative estimate of drug-likeness (QED) is 0.393. The van der Waals surface area contributed by atoms with Gasteiger partial charge in [0, 0.05) is 6.08 Å². The number of hydrogen-bond acceptors (Lipinski definition) is 3. The molecule has 1 unspecified atom stereocenters. The van der Waals surface area contributed by atoms with Gasteiger partial charge in [-0.1, -0.05) is 18.8 Å². The van der Waals surface area contributed by atoms with E-state index in [4.69, 9.17) is 5.11 Å². The number of aliphatic hydroxyl groups is 1. The van der Waals surface area contributed by atoms with Gasteiger partial charge in [-0.05, 0) is 24.3 Å². The fraction of sp³-hybridized carbons (Fsp3) is 0.364. The van der Waals surface area contributed by atoms with Gasteiger partial charge in [0.05, 0.1) is 7.11 Å². The Labute approximate surface area is 83.8 Å². The van der Waals surface area contributed by atoms with E-state index >= 15 is 0 Å². The number of esters is 1. The van der Waals surface area contributed by atoms with Crippen molar-refractivity contribution in [1.82, 2.24) is 0 Å². The van der Waals surface area contributed by atoms with E-state index in [2.05, 4.69) is 28.4 Å². The highest BCUT2D eigenvalue weighted by Gasteiger charge is 1.89. The van der Waals surface area contributed by atoms with Gasteiger partial charge in [-0.3, -0.25) is 0 Å². The lowest BCUT2D eigenvalue weighted by molar-refractivity contribution is -0.134. The number of methoxy groups -OCH3 is 1. The second kappa shape index (κ2) is 7.91. The highest BCUT2D eigenvalue weighted by Crippen LogP contribution is 1.84. The molecular weight excluding hydrogens is 180 g/mol. The van der Waals surface area contributed by atoms with Gasteiger partial charge in [0.25, 0.3) is 0 Å². The van der Waals surface area contributed by atoms with Crippen LogP contribution in [0.4, 0.5) is 0 Å². The third-order valence-corrected chi connectivity index (χ3v) is 1.26. The lowest BCUT2D eigenvalue weighted by Crippen LogP contribution is -1.98. The summed E-state index contributed by atoms with van der Waals surface area (Å²) in [6, 6.07) is 0. The zero-order chi connectivity index (χ0) is 10.8. The number of hydrogen-bond donors (Lipinski definition) is 1. The molecule has 0 fully saturated rings. The van der Waals surface area contributed by atoms with Crippen LogP contribution in [0.3, 0.4) is 0 Å². The Bertz CT molecular complexity index is 320. The van der Waals surface area contributed by atoms with E-state index in [0.717, 1.165) is 0 Å². The van der Waals surface area contributed by atoms with Gasteiger partial charge in [0.1, 0.15) is 6.10 Å². The van der Waals surface area contributed by atoms with Gasteiger partial charge in [0.2, 0.25) is 0 Å². The summed E-state index contributed by atoms with van der Waals surface area (Å²) in [4.78, 5) is 10.5. The topological polar surface area (TPSA) is 46.5 Å². The van der Waals surface area contributed by atoms with Crippen LogP contribution in [0.15, 0.2) is 12.2 Å². The van der Waals surface area contributed by atoms with Crippen molar-refractivity contribution in [2.24, 2.45) is 0 Å². The molecule has 0 rings (SSSR count). The molecule has 3 heteroatoms. The van der Waals surface area contributed by atoms with E-state index in [1.54, 1.807) is 0 Å². The number of aliphatic hydroxyl groups excluding tert-OH is 1. The third kappa shape index (κ3) is 6.97. The molecule has 0 aromatic rings. The smallest absolute Gasteiger partial charge is 0.331 e. The average molecular weight is 192 g/mol. The molecule has 3 nitrogen and oxygen atoms in total. The Hall–Kier alpha value is -1.71. The van der Waals surface area contributed by atoms with Crippen molar-refractivity contribution in [3.63, 3.8) is 0 Å². The van der Waals surface area contributed by atoms with Crippen LogP contribution in [-0.2, 0) is 9.53 Å². The Kier molecular flexibility index (Phi) is 6.95. The average Bonchev–Trinajstić information content (AvgIpc) is 2.22. The lowest BCUT2D eigenvalue weighted by Gasteiger charge is -1.91. The van der Waals surface area contributed by atoms with Crippen LogP contribution in [0.2, 0.25) is 0 Å². The van der Waals surface area contributed by atoms with E-state index in [-0.39, 0.29) is 0 Å². The van der Waals surface area contributed by atoms with Gasteiger partial charge in [-0.15, -0.1) is 0 Å². The van der Waals surface area contributed by atoms with E-state index in [9.17, 15) is 4.79 Å². The molecule has 14 heavy (non-hydrogen) atoms. The van der Waals surface area contributed by atoms with E-state index in [0.29, 0.717) is 6.42 Å². The molecule has 0 bridgehead atoms. The van der Waals surface area contributed by atoms with Gasteiger partial charge in [0.15, 0.2) is 0 Å². The molecule has 0 saturated carbocycles. The van der Waals surface area contributed by atoms with E-state index < -0.39 is 12.1 Å². The zero-order valence-corrected chi connectivity index (χ0v) is 8.20. The molecular formula is C11H12O3. The summed E-state index contributed by atoms with van der Waals surface area (Å²) < 4.78 is 4.34. The van der Waals surface area contributed by atoms with Gasteiger partial charge < -0.3 is 9.84 Å². The van der Waals surface area contributed by atoms with E-state index in [1.165, 1.54) is 19.3 Å². The Morgan fingerprint density at radius 2 is 2.29 bits per heavy atom. The lowest BCUT2D eigenvalue weighted by atomic mass is 10.3. The molecule has 0 saturated heterocycles. The Morgan fingerprint density at radius 3 is 2.86 bits per heavy atom. The van der Waals surface area contributed by atoms with Gasteiger partial charge >= 0.3 is 5.97 Å². The largest absolute Gasteiger partial charge is 0.466 e. The molecule has 0 radical (unpaired) electrons. The van der Waals surface area contributed by atoms with Crippen LogP contribution >= 0.6 is 0 Å². The second-order valence-corrected chi connectivity index (χ2v) is 2.32. The summed E-state index contributed by atoms with van der Waals surface area (Å²) in [7, 11) is 1.29. The molecule has 0 aromatic heterocycles. The second-order valence-electron chi connectivity index (χ2n) is 2.32. The maximum absolute atomic E-state index is 10.5. The maximum Gasteiger partial charge on any atom is 0.331 e. The van der Waals surface area contributed by atoms with Gasteiger partial charge in [-0.2, -0.15) is 0 Å². The van der Waals surface area contributed by atoms with Crippen LogP contribution in [0.25, 0.3) is 0 Å². The summed E-state index contributed by atoms with van der Waals surface area (Å²) in [6.07, 6.45) is 2.49. The third-order valence-electron chi connectivity index (χ3n) is 1.26. The molecule has 0 aliphatic carbocycles. The monoisotopic (exact) mass is 192 g/mol. The van der Waals surface area contributed by atoms with Crippen LogP contribution in [-0.4, -0.2) is 24.3 Å².